The Hall–Kier alpha value is -4.01. The van der Waals surface area contributed by atoms with Crippen LogP contribution in [0.4, 0.5) is 17.2 Å². The van der Waals surface area contributed by atoms with E-state index in [2.05, 4.69) is 30.9 Å². The van der Waals surface area contributed by atoms with Gasteiger partial charge < -0.3 is 15.2 Å². The molecule has 0 aliphatic carbocycles. The minimum Gasteiger partial charge on any atom is -0.361 e. The normalized spacial score (nSPS) is 10.8. The highest BCUT2D eigenvalue weighted by atomic mass is 16.5. The largest absolute Gasteiger partial charge is 0.361 e. The summed E-state index contributed by atoms with van der Waals surface area (Å²) in [5.41, 5.74) is 3.09. The van der Waals surface area contributed by atoms with Crippen molar-refractivity contribution in [3.05, 3.63) is 71.6 Å². The Kier molecular flexibility index (Phi) is 5.25. The summed E-state index contributed by atoms with van der Waals surface area (Å²) in [6.45, 7) is 5.46. The maximum absolute atomic E-state index is 12.3. The molecule has 9 heteroatoms. The first-order chi connectivity index (χ1) is 14.5. The second-order valence-corrected chi connectivity index (χ2v) is 6.84. The number of carbonyl (C=O) groups excluding carboxylic acids is 1. The van der Waals surface area contributed by atoms with Crippen LogP contribution < -0.4 is 10.6 Å². The summed E-state index contributed by atoms with van der Waals surface area (Å²) >= 11 is 0. The van der Waals surface area contributed by atoms with Crippen molar-refractivity contribution in [1.82, 2.24) is 24.9 Å². The number of rotatable bonds is 6. The van der Waals surface area contributed by atoms with E-state index in [1.54, 1.807) is 17.8 Å². The van der Waals surface area contributed by atoms with Gasteiger partial charge in [0.2, 0.25) is 5.91 Å². The molecular formula is C21H21N7O2. The fraction of sp³-hybridized carbons (Fsp3) is 0.190. The monoisotopic (exact) mass is 403 g/mol. The van der Waals surface area contributed by atoms with Crippen LogP contribution in [-0.4, -0.2) is 30.8 Å². The zero-order valence-corrected chi connectivity index (χ0v) is 16.9. The van der Waals surface area contributed by atoms with E-state index in [0.29, 0.717) is 28.9 Å². The minimum atomic E-state index is -0.125. The maximum Gasteiger partial charge on any atom is 0.228 e. The Balaban J connectivity index is 1.42. The summed E-state index contributed by atoms with van der Waals surface area (Å²) in [7, 11) is 0. The second kappa shape index (κ2) is 8.16. The van der Waals surface area contributed by atoms with Crippen LogP contribution in [-0.2, 0) is 11.2 Å². The molecule has 4 aromatic rings. The molecule has 0 unspecified atom stereocenters. The van der Waals surface area contributed by atoms with Gasteiger partial charge in [-0.1, -0.05) is 5.16 Å². The van der Waals surface area contributed by atoms with Gasteiger partial charge in [0.25, 0.3) is 0 Å². The Morgan fingerprint density at radius 1 is 1.10 bits per heavy atom. The average molecular weight is 403 g/mol. The number of aromatic nitrogens is 5. The minimum absolute atomic E-state index is 0.125. The van der Waals surface area contributed by atoms with Crippen LogP contribution >= 0.6 is 0 Å². The molecule has 0 radical (unpaired) electrons. The van der Waals surface area contributed by atoms with Crippen LogP contribution in [0, 0.1) is 20.8 Å². The van der Waals surface area contributed by atoms with Crippen molar-refractivity contribution in [2.45, 2.75) is 27.2 Å². The molecule has 3 aromatic heterocycles. The van der Waals surface area contributed by atoms with Crippen molar-refractivity contribution in [2.24, 2.45) is 0 Å². The van der Waals surface area contributed by atoms with Crippen molar-refractivity contribution in [2.75, 3.05) is 10.6 Å². The summed E-state index contributed by atoms with van der Waals surface area (Å²) in [4.78, 5) is 21.1. The van der Waals surface area contributed by atoms with E-state index in [9.17, 15) is 4.79 Å². The van der Waals surface area contributed by atoms with E-state index >= 15 is 0 Å². The van der Waals surface area contributed by atoms with E-state index in [1.165, 1.54) is 0 Å². The number of hydrogen-bond donors (Lipinski definition) is 2. The summed E-state index contributed by atoms with van der Waals surface area (Å²) in [5, 5.41) is 14.2. The van der Waals surface area contributed by atoms with Crippen molar-refractivity contribution in [3.63, 3.8) is 0 Å². The highest BCUT2D eigenvalue weighted by Crippen LogP contribution is 2.20. The molecule has 2 N–H and O–H groups in total. The molecule has 0 bridgehead atoms. The number of hydrogen-bond acceptors (Lipinski definition) is 7. The fourth-order valence-electron chi connectivity index (χ4n) is 3.04. The van der Waals surface area contributed by atoms with Gasteiger partial charge in [0.05, 0.1) is 12.1 Å². The highest BCUT2D eigenvalue weighted by Gasteiger charge is 2.13. The molecule has 0 spiro atoms. The first-order valence-corrected chi connectivity index (χ1v) is 9.42. The lowest BCUT2D eigenvalue weighted by atomic mass is 10.1. The van der Waals surface area contributed by atoms with Crippen LogP contribution in [0.3, 0.4) is 0 Å². The smallest absolute Gasteiger partial charge is 0.228 e. The highest BCUT2D eigenvalue weighted by molar-refractivity contribution is 5.92. The number of benzene rings is 1. The zero-order chi connectivity index (χ0) is 21.1. The molecule has 0 atom stereocenters. The first kappa shape index (κ1) is 19.3. The van der Waals surface area contributed by atoms with E-state index in [0.717, 1.165) is 16.9 Å². The summed E-state index contributed by atoms with van der Waals surface area (Å²) in [6.07, 6.45) is 3.74. The molecule has 1 amide bonds. The van der Waals surface area contributed by atoms with Gasteiger partial charge in [0.1, 0.15) is 17.4 Å². The van der Waals surface area contributed by atoms with Crippen LogP contribution in [0.1, 0.15) is 22.8 Å². The molecule has 4 rings (SSSR count). The van der Waals surface area contributed by atoms with Gasteiger partial charge in [-0.3, -0.25) is 4.79 Å². The summed E-state index contributed by atoms with van der Waals surface area (Å²) < 4.78 is 6.78. The lowest BCUT2D eigenvalue weighted by Crippen LogP contribution is -2.15. The van der Waals surface area contributed by atoms with Crippen LogP contribution in [0.15, 0.2) is 53.3 Å². The SMILES string of the molecule is Cc1nc(Nc2ccc(NC(=O)Cc3c(C)noc3C)cc2)cc(-n2cccn2)n1. The van der Waals surface area contributed by atoms with Crippen molar-refractivity contribution in [3.8, 4) is 5.82 Å². The molecule has 1 aromatic carbocycles. The van der Waals surface area contributed by atoms with Crippen LogP contribution in [0.2, 0.25) is 0 Å². The second-order valence-electron chi connectivity index (χ2n) is 6.84. The van der Waals surface area contributed by atoms with Crippen molar-refractivity contribution >= 4 is 23.1 Å². The van der Waals surface area contributed by atoms with Crippen LogP contribution in [0.25, 0.3) is 5.82 Å². The molecule has 30 heavy (non-hydrogen) atoms. The van der Waals surface area contributed by atoms with Gasteiger partial charge in [0.15, 0.2) is 5.82 Å². The number of carbonyl (C=O) groups is 1. The predicted octanol–water partition coefficient (Wildman–Crippen LogP) is 3.50. The number of amides is 1. The summed E-state index contributed by atoms with van der Waals surface area (Å²) in [6, 6.07) is 11.1. The fourth-order valence-corrected chi connectivity index (χ4v) is 3.04. The van der Waals surface area contributed by atoms with E-state index < -0.39 is 0 Å². The average Bonchev–Trinajstić information content (AvgIpc) is 3.35. The number of anilines is 3. The first-order valence-electron chi connectivity index (χ1n) is 9.42. The van der Waals surface area contributed by atoms with Gasteiger partial charge in [-0.05, 0) is 51.1 Å². The van der Waals surface area contributed by atoms with Gasteiger partial charge in [-0.15, -0.1) is 0 Å². The standard InChI is InChI=1S/C21H21N7O2/c1-13-18(14(2)30-27-13)11-21(29)26-17-7-5-16(6-8-17)25-19-12-20(24-15(3)23-19)28-10-4-9-22-28/h4-10,12H,11H2,1-3H3,(H,26,29)(H,23,24,25). The van der Waals surface area contributed by atoms with Gasteiger partial charge in [-0.2, -0.15) is 5.10 Å². The molecule has 9 nitrogen and oxygen atoms in total. The van der Waals surface area contributed by atoms with Crippen molar-refractivity contribution < 1.29 is 9.32 Å². The Morgan fingerprint density at radius 3 is 2.53 bits per heavy atom. The Labute approximate surface area is 173 Å². The molecule has 0 saturated heterocycles. The third-order valence-corrected chi connectivity index (χ3v) is 4.52. The van der Waals surface area contributed by atoms with Gasteiger partial charge >= 0.3 is 0 Å². The predicted molar refractivity (Wildman–Crippen MR) is 112 cm³/mol. The zero-order valence-electron chi connectivity index (χ0n) is 16.9. The molecule has 3 heterocycles. The summed E-state index contributed by atoms with van der Waals surface area (Å²) in [5.74, 6) is 2.51. The third kappa shape index (κ3) is 4.35. The van der Waals surface area contributed by atoms with Gasteiger partial charge in [-0.25, -0.2) is 14.6 Å². The molecule has 0 fully saturated rings. The van der Waals surface area contributed by atoms with Crippen LogP contribution in [0.5, 0.6) is 0 Å². The lowest BCUT2D eigenvalue weighted by Gasteiger charge is -2.10. The Morgan fingerprint density at radius 2 is 1.87 bits per heavy atom. The lowest BCUT2D eigenvalue weighted by molar-refractivity contribution is -0.115. The van der Waals surface area contributed by atoms with Crippen molar-refractivity contribution in [1.29, 1.82) is 0 Å². The molecule has 0 aliphatic rings. The van der Waals surface area contributed by atoms with E-state index in [-0.39, 0.29) is 12.3 Å². The Bertz CT molecular complexity index is 1150. The third-order valence-electron chi connectivity index (χ3n) is 4.52. The molecular weight excluding hydrogens is 382 g/mol. The number of nitrogens with zero attached hydrogens (tertiary/aromatic N) is 5. The molecule has 152 valence electrons. The molecule has 0 aliphatic heterocycles. The topological polar surface area (TPSA) is 111 Å². The quantitative estimate of drug-likeness (QED) is 0.507. The van der Waals surface area contributed by atoms with E-state index in [4.69, 9.17) is 4.52 Å². The maximum atomic E-state index is 12.3. The van der Waals surface area contributed by atoms with E-state index in [1.807, 2.05) is 56.4 Å². The molecule has 0 saturated carbocycles. The van der Waals surface area contributed by atoms with Gasteiger partial charge in [0, 0.05) is 35.4 Å². The number of aryl methyl sites for hydroxylation is 3. The number of nitrogens with one attached hydrogen (secondary N) is 2.